The van der Waals surface area contributed by atoms with Gasteiger partial charge in [-0.25, -0.2) is 4.79 Å². The Labute approximate surface area is 143 Å². The van der Waals surface area contributed by atoms with Gasteiger partial charge in [0, 0.05) is 25.2 Å². The summed E-state index contributed by atoms with van der Waals surface area (Å²) < 4.78 is 5.25. The summed E-state index contributed by atoms with van der Waals surface area (Å²) in [6.45, 7) is 8.97. The van der Waals surface area contributed by atoms with Gasteiger partial charge in [-0.1, -0.05) is 12.1 Å². The molecule has 0 aromatic heterocycles. The summed E-state index contributed by atoms with van der Waals surface area (Å²) in [6, 6.07) is 7.39. The minimum absolute atomic E-state index is 0.358. The number of likely N-dealkylation sites (tertiary alicyclic amines) is 1. The van der Waals surface area contributed by atoms with Crippen molar-refractivity contribution in [2.24, 2.45) is 11.7 Å². The first kappa shape index (κ1) is 18.3. The Bertz CT molecular complexity index is 578. The maximum absolute atomic E-state index is 11.7. The van der Waals surface area contributed by atoms with E-state index in [1.54, 1.807) is 12.1 Å². The molecule has 0 spiro atoms. The molecule has 0 aliphatic carbocycles. The van der Waals surface area contributed by atoms with Crippen molar-refractivity contribution in [3.63, 3.8) is 0 Å². The largest absolute Gasteiger partial charge is 0.444 e. The van der Waals surface area contributed by atoms with E-state index in [1.165, 1.54) is 0 Å². The molecule has 1 fully saturated rings. The zero-order chi connectivity index (χ0) is 17.7. The fourth-order valence-electron chi connectivity index (χ4n) is 2.80. The second-order valence-corrected chi connectivity index (χ2v) is 7.33. The predicted molar refractivity (Wildman–Crippen MR) is 92.6 cm³/mol. The summed E-state index contributed by atoms with van der Waals surface area (Å²) in [4.78, 5) is 25.1. The van der Waals surface area contributed by atoms with E-state index in [-0.39, 0.29) is 6.09 Å². The molecule has 1 aliphatic heterocycles. The number of ether oxygens (including phenoxy) is 1. The number of nitrogens with zero attached hydrogens (tertiary/aromatic N) is 1. The molecule has 3 N–H and O–H groups in total. The van der Waals surface area contributed by atoms with Crippen LogP contribution in [0.15, 0.2) is 24.3 Å². The molecule has 2 amide bonds. The standard InChI is InChI=1S/C18H27N3O3/c1-18(2,3)24-17(23)20-10-14-8-9-21(12-14)11-13-4-6-15(7-5-13)16(19)22/h4-7,14H,8-12H2,1-3H3,(H2,19,22)(H,20,23). The van der Waals surface area contributed by atoms with Crippen molar-refractivity contribution in [3.05, 3.63) is 35.4 Å². The van der Waals surface area contributed by atoms with Crippen LogP contribution in [-0.4, -0.2) is 42.1 Å². The molecule has 6 heteroatoms. The van der Waals surface area contributed by atoms with E-state index in [0.29, 0.717) is 18.0 Å². The SMILES string of the molecule is CC(C)(C)OC(=O)NCC1CCN(Cc2ccc(C(N)=O)cc2)C1. The fourth-order valence-corrected chi connectivity index (χ4v) is 2.80. The molecule has 0 bridgehead atoms. The number of primary amides is 1. The molecule has 1 heterocycles. The van der Waals surface area contributed by atoms with Crippen molar-refractivity contribution in [3.8, 4) is 0 Å². The Morgan fingerprint density at radius 3 is 2.54 bits per heavy atom. The number of benzene rings is 1. The van der Waals surface area contributed by atoms with Gasteiger partial charge in [0.05, 0.1) is 0 Å². The molecule has 24 heavy (non-hydrogen) atoms. The highest BCUT2D eigenvalue weighted by Gasteiger charge is 2.24. The molecule has 1 aromatic carbocycles. The number of nitrogens with one attached hydrogen (secondary N) is 1. The third-order valence-electron chi connectivity index (χ3n) is 3.95. The van der Waals surface area contributed by atoms with Gasteiger partial charge in [-0.05, 0) is 57.4 Å². The normalized spacial score (nSPS) is 18.4. The molecule has 0 radical (unpaired) electrons. The van der Waals surface area contributed by atoms with E-state index >= 15 is 0 Å². The third kappa shape index (κ3) is 5.85. The quantitative estimate of drug-likeness (QED) is 0.864. The van der Waals surface area contributed by atoms with Crippen LogP contribution in [0.1, 0.15) is 43.1 Å². The van der Waals surface area contributed by atoms with Gasteiger partial charge >= 0.3 is 6.09 Å². The molecule has 132 valence electrons. The highest BCUT2D eigenvalue weighted by Crippen LogP contribution is 2.18. The summed E-state index contributed by atoms with van der Waals surface area (Å²) in [5.41, 5.74) is 6.46. The topological polar surface area (TPSA) is 84.7 Å². The Hall–Kier alpha value is -2.08. The lowest BCUT2D eigenvalue weighted by molar-refractivity contribution is 0.0519. The second-order valence-electron chi connectivity index (χ2n) is 7.33. The van der Waals surface area contributed by atoms with E-state index in [0.717, 1.165) is 31.6 Å². The zero-order valence-corrected chi connectivity index (χ0v) is 14.7. The van der Waals surface area contributed by atoms with Crippen LogP contribution in [0.25, 0.3) is 0 Å². The number of carbonyl (C=O) groups excluding carboxylic acids is 2. The average molecular weight is 333 g/mol. The van der Waals surface area contributed by atoms with Crippen LogP contribution in [0.4, 0.5) is 4.79 Å². The average Bonchev–Trinajstić information content (AvgIpc) is 2.91. The minimum Gasteiger partial charge on any atom is -0.444 e. The van der Waals surface area contributed by atoms with Crippen LogP contribution in [0, 0.1) is 5.92 Å². The Kier molecular flexibility index (Phi) is 5.83. The van der Waals surface area contributed by atoms with E-state index in [2.05, 4.69) is 10.2 Å². The van der Waals surface area contributed by atoms with Crippen molar-refractivity contribution < 1.29 is 14.3 Å². The van der Waals surface area contributed by atoms with Crippen LogP contribution in [0.5, 0.6) is 0 Å². The number of amides is 2. The van der Waals surface area contributed by atoms with E-state index in [4.69, 9.17) is 10.5 Å². The molecule has 2 rings (SSSR count). The van der Waals surface area contributed by atoms with E-state index in [1.807, 2.05) is 32.9 Å². The number of nitrogens with two attached hydrogens (primary N) is 1. The minimum atomic E-state index is -0.469. The van der Waals surface area contributed by atoms with Gasteiger partial charge in [0.25, 0.3) is 0 Å². The molecule has 1 aromatic rings. The Morgan fingerprint density at radius 2 is 1.96 bits per heavy atom. The summed E-state index contributed by atoms with van der Waals surface area (Å²) in [6.07, 6.45) is 0.692. The van der Waals surface area contributed by atoms with Crippen molar-refractivity contribution in [2.75, 3.05) is 19.6 Å². The summed E-state index contributed by atoms with van der Waals surface area (Å²) in [5, 5.41) is 2.85. The molecular weight excluding hydrogens is 306 g/mol. The first-order valence-corrected chi connectivity index (χ1v) is 8.31. The molecule has 1 atom stereocenters. The second kappa shape index (κ2) is 7.66. The van der Waals surface area contributed by atoms with Crippen molar-refractivity contribution >= 4 is 12.0 Å². The van der Waals surface area contributed by atoms with Crippen LogP contribution in [0.2, 0.25) is 0 Å². The summed E-state index contributed by atoms with van der Waals surface area (Å²) in [5.74, 6) is 0.0263. The van der Waals surface area contributed by atoms with Gasteiger partial charge in [-0.2, -0.15) is 0 Å². The zero-order valence-electron chi connectivity index (χ0n) is 14.7. The Balaban J connectivity index is 1.75. The lowest BCUT2D eigenvalue weighted by Gasteiger charge is -2.21. The highest BCUT2D eigenvalue weighted by atomic mass is 16.6. The Morgan fingerprint density at radius 1 is 1.29 bits per heavy atom. The number of hydrogen-bond acceptors (Lipinski definition) is 4. The first-order chi connectivity index (χ1) is 11.2. The van der Waals surface area contributed by atoms with Crippen molar-refractivity contribution in [1.29, 1.82) is 0 Å². The lowest BCUT2D eigenvalue weighted by atomic mass is 10.1. The van der Waals surface area contributed by atoms with Gasteiger partial charge < -0.3 is 15.8 Å². The fraction of sp³-hybridized carbons (Fsp3) is 0.556. The molecule has 1 aliphatic rings. The predicted octanol–water partition coefficient (Wildman–Crippen LogP) is 2.13. The van der Waals surface area contributed by atoms with Gasteiger partial charge in [-0.15, -0.1) is 0 Å². The van der Waals surface area contributed by atoms with Gasteiger partial charge in [0.2, 0.25) is 5.91 Å². The van der Waals surface area contributed by atoms with Crippen LogP contribution in [0.3, 0.4) is 0 Å². The van der Waals surface area contributed by atoms with Gasteiger partial charge in [0.15, 0.2) is 0 Å². The summed E-state index contributed by atoms with van der Waals surface area (Å²) in [7, 11) is 0. The molecule has 0 saturated carbocycles. The van der Waals surface area contributed by atoms with Crippen LogP contribution < -0.4 is 11.1 Å². The van der Waals surface area contributed by atoms with Crippen LogP contribution in [-0.2, 0) is 11.3 Å². The monoisotopic (exact) mass is 333 g/mol. The maximum Gasteiger partial charge on any atom is 0.407 e. The third-order valence-corrected chi connectivity index (χ3v) is 3.95. The van der Waals surface area contributed by atoms with Gasteiger partial charge in [0.1, 0.15) is 5.60 Å². The van der Waals surface area contributed by atoms with Crippen molar-refractivity contribution in [1.82, 2.24) is 10.2 Å². The van der Waals surface area contributed by atoms with Crippen LogP contribution >= 0.6 is 0 Å². The van der Waals surface area contributed by atoms with E-state index < -0.39 is 11.5 Å². The molecular formula is C18H27N3O3. The number of rotatable bonds is 5. The summed E-state index contributed by atoms with van der Waals surface area (Å²) >= 11 is 0. The highest BCUT2D eigenvalue weighted by molar-refractivity contribution is 5.92. The van der Waals surface area contributed by atoms with Gasteiger partial charge in [-0.3, -0.25) is 9.69 Å². The molecule has 6 nitrogen and oxygen atoms in total. The number of hydrogen-bond donors (Lipinski definition) is 2. The smallest absolute Gasteiger partial charge is 0.407 e. The van der Waals surface area contributed by atoms with E-state index in [9.17, 15) is 9.59 Å². The molecule has 1 saturated heterocycles. The lowest BCUT2D eigenvalue weighted by Crippen LogP contribution is -2.35. The number of carbonyl (C=O) groups is 2. The number of alkyl carbamates (subject to hydrolysis) is 1. The maximum atomic E-state index is 11.7. The first-order valence-electron chi connectivity index (χ1n) is 8.31. The molecule has 1 unspecified atom stereocenters. The van der Waals surface area contributed by atoms with Crippen molar-refractivity contribution in [2.45, 2.75) is 39.3 Å².